The van der Waals surface area contributed by atoms with E-state index in [2.05, 4.69) is 4.72 Å². The van der Waals surface area contributed by atoms with Crippen molar-refractivity contribution in [1.82, 2.24) is 0 Å². The van der Waals surface area contributed by atoms with Gasteiger partial charge in [-0.15, -0.1) is 11.3 Å². The van der Waals surface area contributed by atoms with Gasteiger partial charge < -0.3 is 5.11 Å². The third kappa shape index (κ3) is 3.06. The van der Waals surface area contributed by atoms with Crippen molar-refractivity contribution in [2.24, 2.45) is 0 Å². The van der Waals surface area contributed by atoms with E-state index >= 15 is 0 Å². The van der Waals surface area contributed by atoms with Gasteiger partial charge in [0.2, 0.25) is 0 Å². The fourth-order valence-corrected chi connectivity index (χ4v) is 4.33. The number of aliphatic hydroxyl groups is 1. The van der Waals surface area contributed by atoms with Gasteiger partial charge >= 0.3 is 0 Å². The monoisotopic (exact) mass is 289 g/mol. The Morgan fingerprint density at radius 2 is 2.12 bits per heavy atom. The molecule has 0 bridgehead atoms. The van der Waals surface area contributed by atoms with Crippen molar-refractivity contribution < 1.29 is 13.5 Å². The largest absolute Gasteiger partial charge is 0.396 e. The summed E-state index contributed by atoms with van der Waals surface area (Å²) in [5.74, 6) is 0. The molecule has 0 saturated heterocycles. The highest BCUT2D eigenvalue weighted by molar-refractivity contribution is 7.94. The second-order valence-corrected chi connectivity index (χ2v) is 7.17. The predicted octanol–water partition coefficient (Wildman–Crippen LogP) is 2.15. The number of hydrogen-bond acceptors (Lipinski definition) is 5. The summed E-state index contributed by atoms with van der Waals surface area (Å²) in [6.45, 7) is 0.0258. The molecule has 4 nitrogen and oxygen atoms in total. The van der Waals surface area contributed by atoms with Gasteiger partial charge in [-0.1, -0.05) is 0 Å². The lowest BCUT2D eigenvalue weighted by molar-refractivity contribution is 0.300. The molecule has 0 radical (unpaired) electrons. The van der Waals surface area contributed by atoms with Crippen LogP contribution in [0.5, 0.6) is 0 Å². The van der Waals surface area contributed by atoms with Crippen molar-refractivity contribution >= 4 is 38.4 Å². The van der Waals surface area contributed by atoms with Crippen molar-refractivity contribution in [2.45, 2.75) is 10.6 Å². The Morgan fingerprint density at radius 3 is 2.76 bits per heavy atom. The Labute approximate surface area is 108 Å². The lowest BCUT2D eigenvalue weighted by Crippen LogP contribution is -2.10. The van der Waals surface area contributed by atoms with Crippen molar-refractivity contribution in [1.29, 1.82) is 0 Å². The molecule has 2 aromatic rings. The fraction of sp³-hybridized carbons (Fsp3) is 0.200. The molecule has 0 aliphatic carbocycles. The molecule has 2 heterocycles. The summed E-state index contributed by atoms with van der Waals surface area (Å²) in [7, 11) is -3.49. The average Bonchev–Trinajstić information content (AvgIpc) is 2.88. The lowest BCUT2D eigenvalue weighted by atomic mass is 10.4. The molecule has 0 atom stereocenters. The van der Waals surface area contributed by atoms with Crippen LogP contribution in [0.2, 0.25) is 0 Å². The summed E-state index contributed by atoms with van der Waals surface area (Å²) >= 11 is 2.61. The molecule has 0 amide bonds. The van der Waals surface area contributed by atoms with E-state index in [1.807, 2.05) is 5.38 Å². The Kier molecular flexibility index (Phi) is 3.82. The molecule has 2 aromatic heterocycles. The van der Waals surface area contributed by atoms with E-state index < -0.39 is 10.0 Å². The molecule has 2 rings (SSSR count). The maximum atomic E-state index is 12.0. The van der Waals surface area contributed by atoms with Crippen molar-refractivity contribution in [3.8, 4) is 0 Å². The van der Waals surface area contributed by atoms with Gasteiger partial charge in [0, 0.05) is 23.3 Å². The molecule has 7 heteroatoms. The molecule has 92 valence electrons. The van der Waals surface area contributed by atoms with E-state index in [0.717, 1.165) is 4.88 Å². The minimum Gasteiger partial charge on any atom is -0.396 e. The van der Waals surface area contributed by atoms with E-state index in [-0.39, 0.29) is 10.8 Å². The van der Waals surface area contributed by atoms with E-state index in [1.165, 1.54) is 22.7 Å². The van der Waals surface area contributed by atoms with Gasteiger partial charge in [-0.25, -0.2) is 8.42 Å². The van der Waals surface area contributed by atoms with Crippen molar-refractivity contribution in [3.05, 3.63) is 33.8 Å². The van der Waals surface area contributed by atoms with E-state index in [9.17, 15) is 8.42 Å². The summed E-state index contributed by atoms with van der Waals surface area (Å²) in [5.41, 5.74) is 0.576. The van der Waals surface area contributed by atoms with Gasteiger partial charge in [-0.3, -0.25) is 4.72 Å². The summed E-state index contributed by atoms with van der Waals surface area (Å²) in [6.07, 6.45) is 0.485. The highest BCUT2D eigenvalue weighted by Gasteiger charge is 2.16. The van der Waals surface area contributed by atoms with Crippen LogP contribution in [0, 0.1) is 0 Å². The van der Waals surface area contributed by atoms with Crippen molar-refractivity contribution in [3.63, 3.8) is 0 Å². The maximum Gasteiger partial charge on any atom is 0.271 e. The molecule has 0 fully saturated rings. The smallest absolute Gasteiger partial charge is 0.271 e. The number of hydrogen-bond donors (Lipinski definition) is 2. The number of aliphatic hydroxyl groups excluding tert-OH is 1. The highest BCUT2D eigenvalue weighted by Crippen LogP contribution is 2.25. The quantitative estimate of drug-likeness (QED) is 0.886. The van der Waals surface area contributed by atoms with E-state index in [1.54, 1.807) is 23.6 Å². The summed E-state index contributed by atoms with van der Waals surface area (Å²) in [5, 5.41) is 12.3. The lowest BCUT2D eigenvalue weighted by Gasteiger charge is -2.02. The van der Waals surface area contributed by atoms with Gasteiger partial charge in [0.1, 0.15) is 4.21 Å². The van der Waals surface area contributed by atoms with Crippen molar-refractivity contribution in [2.75, 3.05) is 11.3 Å². The zero-order valence-corrected chi connectivity index (χ0v) is 11.2. The van der Waals surface area contributed by atoms with Crippen LogP contribution in [0.3, 0.4) is 0 Å². The van der Waals surface area contributed by atoms with Crippen LogP contribution < -0.4 is 4.72 Å². The van der Waals surface area contributed by atoms with Crippen LogP contribution in [-0.2, 0) is 16.4 Å². The highest BCUT2D eigenvalue weighted by atomic mass is 32.2. The first-order valence-corrected chi connectivity index (χ1v) is 8.10. The van der Waals surface area contributed by atoms with Crippen LogP contribution >= 0.6 is 22.7 Å². The molecule has 0 aromatic carbocycles. The second-order valence-electron chi connectivity index (χ2n) is 3.31. The molecule has 0 aliphatic heterocycles. The Hall–Kier alpha value is -0.890. The first-order valence-electron chi connectivity index (χ1n) is 4.86. The standard InChI is InChI=1S/C10H11NO3S3/c12-5-3-9-1-2-10(16-9)17(13,14)11-8-4-6-15-7-8/h1-2,4,6-7,11-12H,3,5H2. The first-order chi connectivity index (χ1) is 8.12. The molecular weight excluding hydrogens is 278 g/mol. The minimum absolute atomic E-state index is 0.0258. The molecule has 17 heavy (non-hydrogen) atoms. The zero-order chi connectivity index (χ0) is 12.3. The average molecular weight is 289 g/mol. The van der Waals surface area contributed by atoms with E-state index in [4.69, 9.17) is 5.11 Å². The van der Waals surface area contributed by atoms with Crippen LogP contribution in [0.4, 0.5) is 5.69 Å². The van der Waals surface area contributed by atoms with Crippen LogP contribution in [0.1, 0.15) is 4.88 Å². The number of anilines is 1. The molecule has 0 aliphatic rings. The Morgan fingerprint density at radius 1 is 1.29 bits per heavy atom. The SMILES string of the molecule is O=S(=O)(Nc1ccsc1)c1ccc(CCO)s1. The van der Waals surface area contributed by atoms with Crippen LogP contribution in [0.25, 0.3) is 0 Å². The molecule has 0 spiro atoms. The molecule has 0 unspecified atom stereocenters. The van der Waals surface area contributed by atoms with Crippen LogP contribution in [-0.4, -0.2) is 20.1 Å². The van der Waals surface area contributed by atoms with Gasteiger partial charge in [-0.2, -0.15) is 11.3 Å². The molecular formula is C10H11NO3S3. The van der Waals surface area contributed by atoms with Gasteiger partial charge in [0.25, 0.3) is 10.0 Å². The third-order valence-electron chi connectivity index (χ3n) is 2.03. The molecule has 2 N–H and O–H groups in total. The number of rotatable bonds is 5. The molecule has 0 saturated carbocycles. The van der Waals surface area contributed by atoms with E-state index in [0.29, 0.717) is 12.1 Å². The normalized spacial score (nSPS) is 11.6. The first kappa shape index (κ1) is 12.6. The maximum absolute atomic E-state index is 12.0. The number of sulfonamides is 1. The summed E-state index contributed by atoms with van der Waals surface area (Å²) in [4.78, 5) is 0.859. The Bertz CT molecular complexity index is 572. The fourth-order valence-electron chi connectivity index (χ4n) is 1.28. The van der Waals surface area contributed by atoms with Gasteiger partial charge in [0.15, 0.2) is 0 Å². The van der Waals surface area contributed by atoms with Gasteiger partial charge in [-0.05, 0) is 23.6 Å². The second kappa shape index (κ2) is 5.18. The summed E-state index contributed by atoms with van der Waals surface area (Å²) in [6, 6.07) is 5.00. The van der Waals surface area contributed by atoms with Gasteiger partial charge in [0.05, 0.1) is 5.69 Å². The number of thiophene rings is 2. The number of nitrogens with one attached hydrogen (secondary N) is 1. The zero-order valence-electron chi connectivity index (χ0n) is 8.79. The third-order valence-corrected chi connectivity index (χ3v) is 5.73. The predicted molar refractivity (Wildman–Crippen MR) is 70.2 cm³/mol. The van der Waals surface area contributed by atoms with Crippen LogP contribution in [0.15, 0.2) is 33.2 Å². The topological polar surface area (TPSA) is 66.4 Å². The Balaban J connectivity index is 2.19. The minimum atomic E-state index is -3.49. The summed E-state index contributed by atoms with van der Waals surface area (Å²) < 4.78 is 26.7.